The van der Waals surface area contributed by atoms with E-state index < -0.39 is 17.7 Å². The molecule has 0 spiro atoms. The second-order valence-electron chi connectivity index (χ2n) is 9.11. The summed E-state index contributed by atoms with van der Waals surface area (Å²) in [4.78, 5) is 19.3. The lowest BCUT2D eigenvalue weighted by Gasteiger charge is -2.23. The van der Waals surface area contributed by atoms with Crippen molar-refractivity contribution in [2.75, 3.05) is 18.4 Å². The summed E-state index contributed by atoms with van der Waals surface area (Å²) >= 11 is 0. The maximum absolute atomic E-state index is 13.7. The van der Waals surface area contributed by atoms with Crippen molar-refractivity contribution in [3.05, 3.63) is 82.2 Å². The Morgan fingerprint density at radius 3 is 2.50 bits per heavy atom. The molecule has 3 aromatic rings. The third-order valence-corrected chi connectivity index (χ3v) is 6.57. The summed E-state index contributed by atoms with van der Waals surface area (Å²) < 4.78 is 41.1. The monoisotopic (exact) mass is 498 g/mol. The average molecular weight is 499 g/mol. The zero-order valence-electron chi connectivity index (χ0n) is 20.0. The molecule has 0 radical (unpaired) electrons. The molecule has 0 aliphatic carbocycles. The van der Waals surface area contributed by atoms with Crippen molar-refractivity contribution in [2.45, 2.75) is 51.1 Å². The first-order chi connectivity index (χ1) is 17.2. The molecule has 6 nitrogen and oxygen atoms in total. The van der Waals surface area contributed by atoms with E-state index in [1.807, 2.05) is 13.0 Å². The van der Waals surface area contributed by atoms with Crippen molar-refractivity contribution in [3.63, 3.8) is 0 Å². The Kier molecular flexibility index (Phi) is 7.88. The van der Waals surface area contributed by atoms with Gasteiger partial charge in [0.1, 0.15) is 0 Å². The Labute approximate surface area is 208 Å². The highest BCUT2D eigenvalue weighted by Crippen LogP contribution is 2.33. The number of alkyl halides is 3. The molecule has 0 bridgehead atoms. The van der Waals surface area contributed by atoms with Crippen LogP contribution in [-0.2, 0) is 30.2 Å². The van der Waals surface area contributed by atoms with Crippen molar-refractivity contribution >= 4 is 17.6 Å². The smallest absolute Gasteiger partial charge is 0.419 e. The van der Waals surface area contributed by atoms with Crippen LogP contribution < -0.4 is 10.6 Å². The summed E-state index contributed by atoms with van der Waals surface area (Å²) in [7, 11) is 0. The summed E-state index contributed by atoms with van der Waals surface area (Å²) in [5.74, 6) is -0.403. The number of carbonyl (C=O) groups is 1. The number of aromatic nitrogens is 2. The van der Waals surface area contributed by atoms with Gasteiger partial charge in [-0.05, 0) is 79.9 Å². The van der Waals surface area contributed by atoms with E-state index in [2.05, 4.69) is 32.7 Å². The van der Waals surface area contributed by atoms with Crippen LogP contribution >= 0.6 is 0 Å². The van der Waals surface area contributed by atoms with Crippen LogP contribution in [0.4, 0.5) is 24.8 Å². The molecule has 36 heavy (non-hydrogen) atoms. The van der Waals surface area contributed by atoms with Crippen LogP contribution in [0, 0.1) is 6.92 Å². The van der Waals surface area contributed by atoms with Crippen molar-refractivity contribution in [3.8, 4) is 0 Å². The maximum atomic E-state index is 13.7. The van der Waals surface area contributed by atoms with Crippen LogP contribution in [-0.4, -0.2) is 34.1 Å². The largest absolute Gasteiger partial charge is 0.481 e. The van der Waals surface area contributed by atoms with Gasteiger partial charge in [-0.2, -0.15) is 13.2 Å². The van der Waals surface area contributed by atoms with Gasteiger partial charge in [0.15, 0.2) is 0 Å². The summed E-state index contributed by atoms with van der Waals surface area (Å²) in [5.41, 5.74) is 3.22. The van der Waals surface area contributed by atoms with Gasteiger partial charge in [0.05, 0.1) is 17.7 Å². The highest BCUT2D eigenvalue weighted by Gasteiger charge is 2.35. The number of hydrogen-bond donors (Lipinski definition) is 3. The molecule has 0 saturated carbocycles. The number of nitrogens with zero attached hydrogens (tertiary/aromatic N) is 2. The van der Waals surface area contributed by atoms with E-state index in [0.29, 0.717) is 17.0 Å². The number of piperidine rings is 1. The summed E-state index contributed by atoms with van der Waals surface area (Å²) in [6.45, 7) is 3.94. The van der Waals surface area contributed by atoms with Crippen molar-refractivity contribution in [1.82, 2.24) is 15.3 Å². The number of anilines is 2. The number of rotatable bonds is 8. The van der Waals surface area contributed by atoms with E-state index in [1.54, 1.807) is 24.3 Å². The molecular weight excluding hydrogens is 469 g/mol. The van der Waals surface area contributed by atoms with Gasteiger partial charge in [0.2, 0.25) is 5.95 Å². The SMILES string of the molecule is Cc1cc(C2CCNCC2)ccc1Nc1ncc(C(F)(F)F)c(CCc2ccccc2CC(=O)O)n1. The van der Waals surface area contributed by atoms with Gasteiger partial charge in [-0.3, -0.25) is 4.79 Å². The quantitative estimate of drug-likeness (QED) is 0.384. The Morgan fingerprint density at radius 1 is 1.11 bits per heavy atom. The molecule has 0 unspecified atom stereocenters. The van der Waals surface area contributed by atoms with Gasteiger partial charge < -0.3 is 15.7 Å². The molecule has 0 amide bonds. The molecule has 1 aliphatic heterocycles. The van der Waals surface area contributed by atoms with E-state index in [1.165, 1.54) is 5.56 Å². The van der Waals surface area contributed by atoms with Crippen molar-refractivity contribution < 1.29 is 23.1 Å². The number of carboxylic acids is 1. The van der Waals surface area contributed by atoms with Gasteiger partial charge in [-0.15, -0.1) is 0 Å². The van der Waals surface area contributed by atoms with Gasteiger partial charge in [-0.25, -0.2) is 9.97 Å². The number of carboxylic acid groups (broad SMARTS) is 1. The zero-order chi connectivity index (χ0) is 25.7. The molecule has 4 rings (SSSR count). The molecule has 190 valence electrons. The lowest BCUT2D eigenvalue weighted by atomic mass is 9.89. The number of halogens is 3. The minimum absolute atomic E-state index is 0.00366. The molecule has 2 aromatic carbocycles. The molecule has 1 fully saturated rings. The summed E-state index contributed by atoms with van der Waals surface area (Å²) in [6, 6.07) is 13.0. The summed E-state index contributed by atoms with van der Waals surface area (Å²) in [5, 5.41) is 15.6. The van der Waals surface area contributed by atoms with E-state index >= 15 is 0 Å². The third-order valence-electron chi connectivity index (χ3n) is 6.57. The lowest BCUT2D eigenvalue weighted by molar-refractivity contribution is -0.139. The number of benzene rings is 2. The van der Waals surface area contributed by atoms with Crippen LogP contribution in [0.1, 0.15) is 52.3 Å². The number of nitrogens with one attached hydrogen (secondary N) is 2. The van der Waals surface area contributed by atoms with E-state index in [4.69, 9.17) is 5.11 Å². The Bertz CT molecular complexity index is 1220. The minimum Gasteiger partial charge on any atom is -0.481 e. The highest BCUT2D eigenvalue weighted by atomic mass is 19.4. The van der Waals surface area contributed by atoms with Crippen LogP contribution in [0.2, 0.25) is 0 Å². The van der Waals surface area contributed by atoms with E-state index in [-0.39, 0.29) is 30.9 Å². The molecule has 1 aliphatic rings. The fourth-order valence-electron chi connectivity index (χ4n) is 4.65. The number of aryl methyl sites for hydroxylation is 3. The second kappa shape index (κ2) is 11.1. The normalized spacial score (nSPS) is 14.6. The molecule has 0 atom stereocenters. The molecule has 1 aromatic heterocycles. The first-order valence-electron chi connectivity index (χ1n) is 12.0. The third kappa shape index (κ3) is 6.40. The number of hydrogen-bond acceptors (Lipinski definition) is 5. The first-order valence-corrected chi connectivity index (χ1v) is 12.0. The first kappa shape index (κ1) is 25.6. The molecule has 1 saturated heterocycles. The molecule has 9 heteroatoms. The van der Waals surface area contributed by atoms with Crippen molar-refractivity contribution in [1.29, 1.82) is 0 Å². The van der Waals surface area contributed by atoms with E-state index in [9.17, 15) is 18.0 Å². The number of aliphatic carboxylic acids is 1. The zero-order valence-corrected chi connectivity index (χ0v) is 20.0. The van der Waals surface area contributed by atoms with Gasteiger partial charge >= 0.3 is 12.1 Å². The van der Waals surface area contributed by atoms with Crippen LogP contribution in [0.15, 0.2) is 48.7 Å². The fourth-order valence-corrected chi connectivity index (χ4v) is 4.65. The van der Waals surface area contributed by atoms with Crippen molar-refractivity contribution in [2.24, 2.45) is 0 Å². The Balaban J connectivity index is 1.55. The minimum atomic E-state index is -4.60. The van der Waals surface area contributed by atoms with Gasteiger partial charge in [0, 0.05) is 11.9 Å². The van der Waals surface area contributed by atoms with Gasteiger partial charge in [0.25, 0.3) is 0 Å². The van der Waals surface area contributed by atoms with Crippen LogP contribution in [0.25, 0.3) is 0 Å². The topological polar surface area (TPSA) is 87.1 Å². The Hall–Kier alpha value is -3.46. The Morgan fingerprint density at radius 2 is 1.83 bits per heavy atom. The summed E-state index contributed by atoms with van der Waals surface area (Å²) in [6.07, 6.45) is -1.59. The molecule has 2 heterocycles. The fraction of sp³-hybridized carbons (Fsp3) is 0.370. The molecule has 3 N–H and O–H groups in total. The second-order valence-corrected chi connectivity index (χ2v) is 9.11. The standard InChI is InChI=1S/C27H29F3N4O2/c1-17-14-21(19-10-12-31-13-11-19)7-8-23(17)33-26-32-16-22(27(28,29)30)24(34-26)9-6-18-4-2-3-5-20(18)15-25(35)36/h2-5,7-8,14,16,19,31H,6,9-13,15H2,1H3,(H,35,36)(H,32,33,34). The maximum Gasteiger partial charge on any atom is 0.419 e. The lowest BCUT2D eigenvalue weighted by Crippen LogP contribution is -2.26. The van der Waals surface area contributed by atoms with Crippen LogP contribution in [0.3, 0.4) is 0 Å². The van der Waals surface area contributed by atoms with E-state index in [0.717, 1.165) is 43.4 Å². The average Bonchev–Trinajstić information content (AvgIpc) is 2.84. The van der Waals surface area contributed by atoms with Gasteiger partial charge in [-0.1, -0.05) is 36.4 Å². The predicted octanol–water partition coefficient (Wildman–Crippen LogP) is 5.43. The van der Waals surface area contributed by atoms with Crippen LogP contribution in [0.5, 0.6) is 0 Å². The highest BCUT2D eigenvalue weighted by molar-refractivity contribution is 5.70. The molecular formula is C27H29F3N4O2. The predicted molar refractivity (Wildman–Crippen MR) is 132 cm³/mol.